The van der Waals surface area contributed by atoms with E-state index in [1.165, 1.54) is 19.3 Å². The van der Waals surface area contributed by atoms with Crippen LogP contribution in [0.1, 0.15) is 310 Å². The Kier molecular flexibility index (Phi) is 75.4. The van der Waals surface area contributed by atoms with Crippen LogP contribution in [-0.4, -0.2) is 96.7 Å². The fraction of sp³-hybridized carbons (Fsp3) is 0.640. The molecule has 0 aliphatic heterocycles. The second-order valence-electron chi connectivity index (χ2n) is 26.9. The number of ether oxygens (including phenoxy) is 4. The first-order valence-corrected chi connectivity index (χ1v) is 44.4. The molecule has 0 aromatic heterocycles. The second kappa shape index (κ2) is 79.5. The summed E-state index contributed by atoms with van der Waals surface area (Å²) in [6.45, 7) is 4.37. The van der Waals surface area contributed by atoms with E-state index in [9.17, 15) is 43.2 Å². The van der Waals surface area contributed by atoms with E-state index < -0.39 is 97.5 Å². The van der Waals surface area contributed by atoms with E-state index in [1.807, 2.05) is 12.2 Å². The molecule has 0 aromatic carbocycles. The van der Waals surface area contributed by atoms with Gasteiger partial charge in [-0.2, -0.15) is 0 Å². The Hall–Kier alpha value is -5.58. The van der Waals surface area contributed by atoms with Crippen LogP contribution in [0.3, 0.4) is 0 Å². The van der Waals surface area contributed by atoms with Gasteiger partial charge in [-0.15, -0.1) is 0 Å². The Morgan fingerprint density at radius 3 is 0.824 bits per heavy atom. The lowest BCUT2D eigenvalue weighted by molar-refractivity contribution is -0.161. The number of aliphatic hydroxyl groups excluding tert-OH is 1. The van der Waals surface area contributed by atoms with Gasteiger partial charge in [0.2, 0.25) is 0 Å². The molecule has 3 N–H and O–H groups in total. The highest BCUT2D eigenvalue weighted by Gasteiger charge is 2.30. The Labute approximate surface area is 654 Å². The molecule has 0 bridgehead atoms. The molecule has 108 heavy (non-hydrogen) atoms. The number of carbonyl (C=O) groups excluding carboxylic acids is 4. The topological polar surface area (TPSA) is 237 Å². The molecule has 17 nitrogen and oxygen atoms in total. The van der Waals surface area contributed by atoms with E-state index >= 15 is 0 Å². The smallest absolute Gasteiger partial charge is 0.462 e. The molecule has 0 amide bonds. The maximum absolute atomic E-state index is 13.1. The number of phosphoric ester groups is 2. The fourth-order valence-electron chi connectivity index (χ4n) is 10.5. The Balaban J connectivity index is 5.46. The van der Waals surface area contributed by atoms with Gasteiger partial charge in [-0.05, 0) is 154 Å². The Morgan fingerprint density at radius 1 is 0.278 bits per heavy atom. The molecule has 0 aliphatic carbocycles. The number of esters is 4. The van der Waals surface area contributed by atoms with Crippen molar-refractivity contribution in [2.24, 2.45) is 0 Å². The average Bonchev–Trinajstić information content (AvgIpc) is 0.907. The van der Waals surface area contributed by atoms with Crippen LogP contribution in [0.4, 0.5) is 0 Å². The highest BCUT2D eigenvalue weighted by Crippen LogP contribution is 2.45. The third-order valence-corrected chi connectivity index (χ3v) is 18.6. The molecule has 0 aliphatic rings. The molecule has 0 saturated carbocycles. The highest BCUT2D eigenvalue weighted by molar-refractivity contribution is 7.47. The summed E-state index contributed by atoms with van der Waals surface area (Å²) >= 11 is 0. The Morgan fingerprint density at radius 2 is 0.519 bits per heavy atom. The van der Waals surface area contributed by atoms with E-state index in [2.05, 4.69) is 174 Å². The van der Waals surface area contributed by atoms with Gasteiger partial charge in [-0.25, -0.2) is 9.13 Å². The van der Waals surface area contributed by atoms with Gasteiger partial charge in [0, 0.05) is 19.3 Å². The predicted octanol–water partition coefficient (Wildman–Crippen LogP) is 24.6. The number of allylic oxidation sites excluding steroid dienone is 27. The molecule has 0 heterocycles. The van der Waals surface area contributed by atoms with Crippen molar-refractivity contribution < 1.29 is 80.2 Å². The third kappa shape index (κ3) is 78.5. The van der Waals surface area contributed by atoms with Crippen LogP contribution in [0.2, 0.25) is 0 Å². The van der Waals surface area contributed by atoms with Crippen molar-refractivity contribution in [2.75, 3.05) is 39.6 Å². The number of carbonyl (C=O) groups is 4. The van der Waals surface area contributed by atoms with Crippen LogP contribution < -0.4 is 0 Å². The lowest BCUT2D eigenvalue weighted by Gasteiger charge is -2.21. The van der Waals surface area contributed by atoms with E-state index in [1.54, 1.807) is 12.2 Å². The molecular weight excluding hydrogens is 1400 g/mol. The summed E-state index contributed by atoms with van der Waals surface area (Å²) in [7, 11) is -10.0. The maximum Gasteiger partial charge on any atom is 0.472 e. The van der Waals surface area contributed by atoms with E-state index in [0.717, 1.165) is 212 Å². The van der Waals surface area contributed by atoms with Crippen LogP contribution in [0, 0.1) is 0 Å². The van der Waals surface area contributed by atoms with Crippen molar-refractivity contribution in [3.8, 4) is 0 Å². The highest BCUT2D eigenvalue weighted by atomic mass is 31.2. The summed E-state index contributed by atoms with van der Waals surface area (Å²) in [5.41, 5.74) is 0. The summed E-state index contributed by atoms with van der Waals surface area (Å²) in [5, 5.41) is 10.7. The summed E-state index contributed by atoms with van der Waals surface area (Å²) in [6.07, 6.45) is 94.9. The van der Waals surface area contributed by atoms with Crippen molar-refractivity contribution in [2.45, 2.75) is 329 Å². The second-order valence-corrected chi connectivity index (χ2v) is 29.8. The van der Waals surface area contributed by atoms with E-state index in [0.29, 0.717) is 25.7 Å². The van der Waals surface area contributed by atoms with Gasteiger partial charge in [-0.1, -0.05) is 301 Å². The van der Waals surface area contributed by atoms with Crippen molar-refractivity contribution >= 4 is 39.5 Å². The van der Waals surface area contributed by atoms with E-state index in [4.69, 9.17) is 37.0 Å². The molecule has 0 spiro atoms. The number of unbranched alkanes of at least 4 members (excludes halogenated alkanes) is 23. The van der Waals surface area contributed by atoms with Crippen LogP contribution in [0.15, 0.2) is 170 Å². The first-order chi connectivity index (χ1) is 52.7. The van der Waals surface area contributed by atoms with Crippen LogP contribution in [0.5, 0.6) is 0 Å². The van der Waals surface area contributed by atoms with Crippen molar-refractivity contribution in [3.05, 3.63) is 170 Å². The van der Waals surface area contributed by atoms with Crippen LogP contribution in [0.25, 0.3) is 0 Å². The third-order valence-electron chi connectivity index (χ3n) is 16.7. The van der Waals surface area contributed by atoms with Gasteiger partial charge in [-0.3, -0.25) is 37.3 Å². The molecular formula is C89H146O17P2. The molecule has 0 aromatic rings. The lowest BCUT2D eigenvalue weighted by Crippen LogP contribution is -2.30. The van der Waals surface area contributed by atoms with Gasteiger partial charge in [0.1, 0.15) is 19.3 Å². The van der Waals surface area contributed by atoms with Gasteiger partial charge < -0.3 is 33.8 Å². The number of aliphatic hydroxyl groups is 1. The summed E-state index contributed by atoms with van der Waals surface area (Å²) in [6, 6.07) is 0. The number of rotatable bonds is 76. The molecule has 5 atom stereocenters. The van der Waals surface area contributed by atoms with Crippen LogP contribution >= 0.6 is 15.6 Å². The maximum atomic E-state index is 13.1. The molecule has 614 valence electrons. The minimum atomic E-state index is -5.01. The average molecular weight is 1550 g/mol. The number of hydrogen-bond acceptors (Lipinski definition) is 15. The van der Waals surface area contributed by atoms with E-state index in [-0.39, 0.29) is 25.7 Å². The zero-order valence-electron chi connectivity index (χ0n) is 67.2. The fourth-order valence-corrected chi connectivity index (χ4v) is 12.1. The SMILES string of the molecule is CC/C=C\C/C=C\C/C=C\C/C=C\C/C=C\CC(=O)OC(COC(=O)CCCCCCCCC/C=C\C/C=C\C/C=C\CC)COP(=O)(O)OCC(O)COP(=O)(O)OCC(COC(=O)CCCCCCCC/C=C\C/C=C\C/C=C\CCCCC)OC(=O)CCCCCCCCC/C=C\C/C=C\C/C=C\CC. The minimum Gasteiger partial charge on any atom is -0.462 e. The summed E-state index contributed by atoms with van der Waals surface area (Å²) < 4.78 is 68.6. The molecule has 0 fully saturated rings. The molecule has 0 saturated heterocycles. The largest absolute Gasteiger partial charge is 0.472 e. The summed E-state index contributed by atoms with van der Waals surface area (Å²) in [5.74, 6) is -2.37. The zero-order valence-corrected chi connectivity index (χ0v) is 69.0. The van der Waals surface area contributed by atoms with Crippen LogP contribution in [-0.2, 0) is 65.4 Å². The normalized spacial score (nSPS) is 14.7. The minimum absolute atomic E-state index is 0.0727. The first kappa shape index (κ1) is 102. The lowest BCUT2D eigenvalue weighted by atomic mass is 10.1. The van der Waals surface area contributed by atoms with Crippen molar-refractivity contribution in [1.82, 2.24) is 0 Å². The van der Waals surface area contributed by atoms with Crippen molar-refractivity contribution in [3.63, 3.8) is 0 Å². The van der Waals surface area contributed by atoms with Gasteiger partial charge in [0.05, 0.1) is 32.8 Å². The zero-order chi connectivity index (χ0) is 78.9. The molecule has 19 heteroatoms. The standard InChI is InChI=1S/C89H146O17P2/c1-5-9-13-17-21-25-29-33-37-40-41-44-47-50-54-58-62-66-70-74-87(92)100-80-85(106-89(94)76-72-68-64-60-56-52-48-43-39-35-31-27-23-19-15-11-7-3)82-104-108(97,98)102-78-83(90)77-101-107(95,96)103-81-84(105-88(93)75-71-67-63-59-55-51-45-36-32-28-24-20-16-12-8-4)79-99-86(91)73-69-65-61-57-53-49-46-42-38-34-30-26-22-18-14-10-6-2/h10-12,14-16,21-28,33-39,41,44-45,55,59,67,71,83-85,90H,5-9,13,17-20,29-32,40,42-43,46-54,56-58,60-66,68-70,72-82H2,1-4H3,(H,95,96)(H,97,98)/b14-10-,15-11-,16-12-,25-21-,26-22-,27-23-,28-24-,37-33-,38-34-,39-35-,44-41-,45-36-,59-55-,71-67-. The van der Waals surface area contributed by atoms with Gasteiger partial charge >= 0.3 is 39.5 Å². The first-order valence-electron chi connectivity index (χ1n) is 41.4. The Bertz CT molecular complexity index is 2710. The molecule has 0 rings (SSSR count). The quantitative estimate of drug-likeness (QED) is 0.0169. The number of phosphoric acid groups is 2. The molecule has 0 radical (unpaired) electrons. The summed E-state index contributed by atoms with van der Waals surface area (Å²) in [4.78, 5) is 73.1. The molecule has 5 unspecified atom stereocenters. The van der Waals surface area contributed by atoms with Crippen molar-refractivity contribution in [1.29, 1.82) is 0 Å². The van der Waals surface area contributed by atoms with Gasteiger partial charge in [0.15, 0.2) is 12.2 Å². The monoisotopic (exact) mass is 1550 g/mol. The predicted molar refractivity (Wildman–Crippen MR) is 445 cm³/mol. The van der Waals surface area contributed by atoms with Gasteiger partial charge in [0.25, 0.3) is 0 Å². The number of hydrogen-bond donors (Lipinski definition) is 3.